The van der Waals surface area contributed by atoms with Crippen LogP contribution in [0.3, 0.4) is 0 Å². The number of ether oxygens (including phenoxy) is 1. The van der Waals surface area contributed by atoms with Gasteiger partial charge in [0.05, 0.1) is 12.5 Å². The van der Waals surface area contributed by atoms with Gasteiger partial charge in [-0.25, -0.2) is 4.79 Å². The van der Waals surface area contributed by atoms with Crippen molar-refractivity contribution >= 4 is 12.0 Å². The Morgan fingerprint density at radius 1 is 1.11 bits per heavy atom. The van der Waals surface area contributed by atoms with E-state index in [4.69, 9.17) is 4.74 Å². The van der Waals surface area contributed by atoms with Crippen LogP contribution in [0, 0.1) is 5.92 Å². The van der Waals surface area contributed by atoms with Gasteiger partial charge in [0, 0.05) is 6.04 Å². The summed E-state index contributed by atoms with van der Waals surface area (Å²) in [6.45, 7) is 6.45. The van der Waals surface area contributed by atoms with Crippen molar-refractivity contribution < 1.29 is 32.6 Å². The van der Waals surface area contributed by atoms with Gasteiger partial charge in [0.1, 0.15) is 5.60 Å². The van der Waals surface area contributed by atoms with Crippen molar-refractivity contribution in [2.24, 2.45) is 5.92 Å². The van der Waals surface area contributed by atoms with E-state index < -0.39 is 42.3 Å². The van der Waals surface area contributed by atoms with Crippen LogP contribution in [-0.4, -0.2) is 47.1 Å². The van der Waals surface area contributed by atoms with Crippen LogP contribution < -0.4 is 10.6 Å². The van der Waals surface area contributed by atoms with E-state index in [1.165, 1.54) is 0 Å². The molecule has 1 saturated carbocycles. The largest absolute Gasteiger partial charge is 0.444 e. The van der Waals surface area contributed by atoms with Gasteiger partial charge in [0.15, 0.2) is 6.10 Å². The van der Waals surface area contributed by atoms with Crippen molar-refractivity contribution in [1.82, 2.24) is 10.6 Å². The smallest absolute Gasteiger partial charge is 0.407 e. The second-order valence-corrected chi connectivity index (χ2v) is 8.21. The molecule has 3 N–H and O–H groups in total. The highest BCUT2D eigenvalue weighted by atomic mass is 19.4. The summed E-state index contributed by atoms with van der Waals surface area (Å²) in [6.07, 6.45) is -4.29. The minimum absolute atomic E-state index is 0.231. The number of aliphatic hydroxyl groups is 1. The van der Waals surface area contributed by atoms with Crippen LogP contribution in [0.1, 0.15) is 66.2 Å². The fraction of sp³-hybridized carbons (Fsp3) is 0.889. The minimum atomic E-state index is -4.67. The maximum absolute atomic E-state index is 12.8. The summed E-state index contributed by atoms with van der Waals surface area (Å²) < 4.78 is 43.4. The van der Waals surface area contributed by atoms with Gasteiger partial charge < -0.3 is 20.5 Å². The van der Waals surface area contributed by atoms with Crippen molar-refractivity contribution in [1.29, 1.82) is 0 Å². The normalized spacial score (nSPS) is 19.7. The Kier molecular flexibility index (Phi) is 8.38. The first-order chi connectivity index (χ1) is 12.3. The highest BCUT2D eigenvalue weighted by Gasteiger charge is 2.40. The summed E-state index contributed by atoms with van der Waals surface area (Å²) in [5, 5.41) is 14.7. The molecular formula is C18H31F3N2O4. The molecule has 3 atom stereocenters. The van der Waals surface area contributed by atoms with Gasteiger partial charge in [0.25, 0.3) is 5.91 Å². The van der Waals surface area contributed by atoms with Crippen LogP contribution in [0.4, 0.5) is 18.0 Å². The molecule has 6 nitrogen and oxygen atoms in total. The number of halogens is 3. The van der Waals surface area contributed by atoms with E-state index in [0.29, 0.717) is 0 Å². The van der Waals surface area contributed by atoms with Crippen LogP contribution >= 0.6 is 0 Å². The van der Waals surface area contributed by atoms with Crippen LogP contribution in [-0.2, 0) is 9.53 Å². The van der Waals surface area contributed by atoms with Gasteiger partial charge in [-0.1, -0.05) is 19.3 Å². The number of aliphatic hydroxyl groups excluding tert-OH is 1. The average molecular weight is 396 g/mol. The molecule has 0 aromatic heterocycles. The molecule has 0 bridgehead atoms. The zero-order valence-corrected chi connectivity index (χ0v) is 16.4. The number of amides is 2. The molecule has 0 aromatic rings. The van der Waals surface area contributed by atoms with Gasteiger partial charge >= 0.3 is 12.3 Å². The van der Waals surface area contributed by atoms with Crippen LogP contribution in [0.2, 0.25) is 0 Å². The summed E-state index contributed by atoms with van der Waals surface area (Å²) in [7, 11) is 0. The lowest BCUT2D eigenvalue weighted by Gasteiger charge is -2.31. The zero-order chi connectivity index (χ0) is 20.8. The molecule has 0 heterocycles. The van der Waals surface area contributed by atoms with Crippen molar-refractivity contribution in [3.63, 3.8) is 0 Å². The number of alkyl halides is 3. The van der Waals surface area contributed by atoms with Crippen molar-refractivity contribution in [2.45, 2.75) is 96.2 Å². The molecule has 0 spiro atoms. The molecule has 1 aliphatic carbocycles. The molecule has 0 aromatic carbocycles. The predicted molar refractivity (Wildman–Crippen MR) is 94.0 cm³/mol. The van der Waals surface area contributed by atoms with E-state index in [0.717, 1.165) is 32.1 Å². The topological polar surface area (TPSA) is 87.7 Å². The van der Waals surface area contributed by atoms with Gasteiger partial charge in [0.2, 0.25) is 0 Å². The second kappa shape index (κ2) is 9.61. The lowest BCUT2D eigenvalue weighted by atomic mass is 9.84. The monoisotopic (exact) mass is 396 g/mol. The number of rotatable bonds is 6. The van der Waals surface area contributed by atoms with Crippen LogP contribution in [0.25, 0.3) is 0 Å². The van der Waals surface area contributed by atoms with Crippen molar-refractivity contribution in [2.75, 3.05) is 0 Å². The molecule has 1 fully saturated rings. The predicted octanol–water partition coefficient (Wildman–Crippen LogP) is 3.28. The molecular weight excluding hydrogens is 365 g/mol. The fourth-order valence-electron chi connectivity index (χ4n) is 3.19. The van der Waals surface area contributed by atoms with Gasteiger partial charge in [-0.05, 0) is 46.5 Å². The standard InChI is InChI=1S/C18H31F3N2O4/c1-11(12-8-6-5-7-9-12)22-15(25)14(24)13(10-18(19,20)21)23-16(26)27-17(2,3)4/h11-14,24H,5-10H2,1-4H3,(H,22,25)(H,23,26)/t11-,13?,14?/m0/s1. The van der Waals surface area contributed by atoms with Crippen molar-refractivity contribution in [3.05, 3.63) is 0 Å². The number of carbonyl (C=O) groups excluding carboxylic acids is 2. The minimum Gasteiger partial charge on any atom is -0.444 e. The van der Waals surface area contributed by atoms with E-state index in [-0.39, 0.29) is 12.0 Å². The number of hydrogen-bond donors (Lipinski definition) is 3. The highest BCUT2D eigenvalue weighted by Crippen LogP contribution is 2.27. The molecule has 1 aliphatic rings. The molecule has 158 valence electrons. The molecule has 9 heteroatoms. The first kappa shape index (κ1) is 23.5. The molecule has 1 rings (SSSR count). The van der Waals surface area contributed by atoms with E-state index >= 15 is 0 Å². The Morgan fingerprint density at radius 2 is 1.67 bits per heavy atom. The molecule has 2 unspecified atom stereocenters. The van der Waals surface area contributed by atoms with Crippen molar-refractivity contribution in [3.8, 4) is 0 Å². The average Bonchev–Trinajstić information content (AvgIpc) is 2.51. The second-order valence-electron chi connectivity index (χ2n) is 8.21. The Labute approximate surface area is 158 Å². The molecule has 2 amide bonds. The Bertz CT molecular complexity index is 500. The number of nitrogens with one attached hydrogen (secondary N) is 2. The van der Waals surface area contributed by atoms with Gasteiger partial charge in [-0.15, -0.1) is 0 Å². The Balaban J connectivity index is 2.74. The van der Waals surface area contributed by atoms with E-state index in [1.807, 2.05) is 5.32 Å². The van der Waals surface area contributed by atoms with Gasteiger partial charge in [-0.2, -0.15) is 13.2 Å². The van der Waals surface area contributed by atoms with E-state index in [2.05, 4.69) is 5.32 Å². The summed E-state index contributed by atoms with van der Waals surface area (Å²) in [6, 6.07) is -2.10. The summed E-state index contributed by atoms with van der Waals surface area (Å²) in [5.74, 6) is -0.701. The Hall–Kier alpha value is -1.51. The third kappa shape index (κ3) is 9.30. The third-order valence-electron chi connectivity index (χ3n) is 4.53. The highest BCUT2D eigenvalue weighted by molar-refractivity contribution is 5.82. The van der Waals surface area contributed by atoms with E-state index in [1.54, 1.807) is 27.7 Å². The summed E-state index contributed by atoms with van der Waals surface area (Å²) >= 11 is 0. The SMILES string of the molecule is C[C@H](NC(=O)C(O)C(CC(F)(F)F)NC(=O)OC(C)(C)C)C1CCCCC1. The number of alkyl carbamates (subject to hydrolysis) is 1. The number of carbonyl (C=O) groups is 2. The molecule has 0 aliphatic heterocycles. The van der Waals surface area contributed by atoms with E-state index in [9.17, 15) is 27.9 Å². The Morgan fingerprint density at radius 3 is 2.15 bits per heavy atom. The maximum Gasteiger partial charge on any atom is 0.407 e. The maximum atomic E-state index is 12.8. The van der Waals surface area contributed by atoms with Crippen LogP contribution in [0.5, 0.6) is 0 Å². The fourth-order valence-corrected chi connectivity index (χ4v) is 3.19. The molecule has 0 radical (unpaired) electrons. The lowest BCUT2D eigenvalue weighted by molar-refractivity contribution is -0.151. The quantitative estimate of drug-likeness (QED) is 0.643. The number of hydrogen-bond acceptors (Lipinski definition) is 4. The third-order valence-corrected chi connectivity index (χ3v) is 4.53. The first-order valence-electron chi connectivity index (χ1n) is 9.33. The lowest BCUT2D eigenvalue weighted by Crippen LogP contribution is -2.55. The molecule has 0 saturated heterocycles. The first-order valence-corrected chi connectivity index (χ1v) is 9.33. The molecule has 27 heavy (non-hydrogen) atoms. The summed E-state index contributed by atoms with van der Waals surface area (Å²) in [5.41, 5.74) is -0.921. The zero-order valence-electron chi connectivity index (χ0n) is 16.4. The van der Waals surface area contributed by atoms with Crippen LogP contribution in [0.15, 0.2) is 0 Å². The van der Waals surface area contributed by atoms with Gasteiger partial charge in [-0.3, -0.25) is 4.79 Å². The summed E-state index contributed by atoms with van der Waals surface area (Å²) in [4.78, 5) is 24.1.